The number of allylic oxidation sites excluding steroid dienone is 16. The van der Waals surface area contributed by atoms with Crippen LogP contribution in [-0.4, -0.2) is 37.2 Å². The van der Waals surface area contributed by atoms with Gasteiger partial charge in [0.1, 0.15) is 13.2 Å². The van der Waals surface area contributed by atoms with E-state index in [9.17, 15) is 14.4 Å². The van der Waals surface area contributed by atoms with E-state index in [1.165, 1.54) is 96.3 Å². The van der Waals surface area contributed by atoms with Gasteiger partial charge in [-0.15, -0.1) is 0 Å². The van der Waals surface area contributed by atoms with Gasteiger partial charge in [0.25, 0.3) is 0 Å². The minimum Gasteiger partial charge on any atom is -0.462 e. The van der Waals surface area contributed by atoms with Crippen LogP contribution >= 0.6 is 0 Å². The molecule has 0 aliphatic carbocycles. The molecule has 0 aromatic carbocycles. The molecule has 0 saturated heterocycles. The summed E-state index contributed by atoms with van der Waals surface area (Å²) in [5.41, 5.74) is 0. The number of carbonyl (C=O) groups excluding carboxylic acids is 3. The van der Waals surface area contributed by atoms with Crippen molar-refractivity contribution in [2.75, 3.05) is 13.2 Å². The van der Waals surface area contributed by atoms with Gasteiger partial charge in [0.15, 0.2) is 6.10 Å². The largest absolute Gasteiger partial charge is 0.462 e. The van der Waals surface area contributed by atoms with E-state index >= 15 is 0 Å². The van der Waals surface area contributed by atoms with Crippen LogP contribution in [0.2, 0.25) is 0 Å². The third-order valence-corrected chi connectivity index (χ3v) is 10.4. The molecule has 0 aliphatic rings. The molecule has 0 aliphatic heterocycles. The van der Waals surface area contributed by atoms with Gasteiger partial charge in [-0.05, 0) is 89.9 Å². The fraction of sp³-hybridized carbons (Fsp3) is 0.661. The first kappa shape index (κ1) is 58.3. The van der Waals surface area contributed by atoms with Crippen LogP contribution in [0.3, 0.4) is 0 Å². The Labute approximate surface area is 381 Å². The summed E-state index contributed by atoms with van der Waals surface area (Å²) in [6, 6.07) is 0. The summed E-state index contributed by atoms with van der Waals surface area (Å²) in [6.07, 6.45) is 65.4. The van der Waals surface area contributed by atoms with E-state index in [-0.39, 0.29) is 44.0 Å². The predicted molar refractivity (Wildman–Crippen MR) is 265 cm³/mol. The van der Waals surface area contributed by atoms with E-state index in [1.807, 2.05) is 54.7 Å². The lowest BCUT2D eigenvalue weighted by Crippen LogP contribution is -2.30. The molecular weight excluding hydrogens is 769 g/mol. The summed E-state index contributed by atoms with van der Waals surface area (Å²) in [6.45, 7) is 6.37. The van der Waals surface area contributed by atoms with Crippen LogP contribution in [-0.2, 0) is 28.6 Å². The van der Waals surface area contributed by atoms with Gasteiger partial charge >= 0.3 is 17.9 Å². The fourth-order valence-electron chi connectivity index (χ4n) is 6.61. The van der Waals surface area contributed by atoms with Gasteiger partial charge in [0, 0.05) is 19.3 Å². The van der Waals surface area contributed by atoms with Gasteiger partial charge in [-0.1, -0.05) is 208 Å². The normalized spacial score (nSPS) is 12.9. The molecule has 1 atom stereocenters. The van der Waals surface area contributed by atoms with E-state index in [1.54, 1.807) is 0 Å². The first-order valence-corrected chi connectivity index (χ1v) is 25.3. The molecule has 0 bridgehead atoms. The van der Waals surface area contributed by atoms with E-state index in [4.69, 9.17) is 14.2 Å². The summed E-state index contributed by atoms with van der Waals surface area (Å²) in [5.74, 6) is -1.02. The molecule has 6 nitrogen and oxygen atoms in total. The maximum Gasteiger partial charge on any atom is 0.306 e. The highest BCUT2D eigenvalue weighted by molar-refractivity contribution is 5.71. The highest BCUT2D eigenvalue weighted by Gasteiger charge is 2.19. The molecule has 0 fully saturated rings. The molecule has 1 unspecified atom stereocenters. The van der Waals surface area contributed by atoms with Crippen molar-refractivity contribution in [3.05, 3.63) is 97.2 Å². The van der Waals surface area contributed by atoms with Crippen LogP contribution in [0, 0.1) is 0 Å². The Hall–Kier alpha value is -3.67. The summed E-state index contributed by atoms with van der Waals surface area (Å²) >= 11 is 0. The molecule has 0 saturated carbocycles. The summed E-state index contributed by atoms with van der Waals surface area (Å²) in [4.78, 5) is 37.9. The first-order valence-electron chi connectivity index (χ1n) is 25.3. The molecule has 62 heavy (non-hydrogen) atoms. The smallest absolute Gasteiger partial charge is 0.306 e. The number of ether oxygens (including phenoxy) is 3. The second-order valence-corrected chi connectivity index (χ2v) is 16.5. The van der Waals surface area contributed by atoms with Gasteiger partial charge in [0.05, 0.1) is 0 Å². The zero-order chi connectivity index (χ0) is 45.1. The Morgan fingerprint density at radius 3 is 1.23 bits per heavy atom. The van der Waals surface area contributed by atoms with Gasteiger partial charge in [-0.3, -0.25) is 14.4 Å². The first-order chi connectivity index (χ1) is 30.5. The number of hydrogen-bond donors (Lipinski definition) is 0. The number of carbonyl (C=O) groups is 3. The second-order valence-electron chi connectivity index (χ2n) is 16.5. The maximum absolute atomic E-state index is 12.8. The van der Waals surface area contributed by atoms with Crippen molar-refractivity contribution in [2.24, 2.45) is 0 Å². The standard InChI is InChI=1S/C56H92O6/c1-4-7-10-13-16-19-22-25-27-28-29-32-34-37-40-43-46-49-55(58)61-52-53(51-60-54(57)48-45-42-39-36-33-30-24-21-18-15-12-9-6-3)62-56(59)50-47-44-41-38-35-31-26-23-20-17-14-11-8-5-2/h9,12,15-16,18-19,21,24-25,27,30-31,33,35-36,39,53H,4-8,10-11,13-14,17,20,22-23,26,28-29,32,34,37-38,40-52H2,1-3H3/b12-9+,18-15+,19-16+,24-21+,27-25+,33-30+,35-31+,39-36+. The molecule has 6 heteroatoms. The summed E-state index contributed by atoms with van der Waals surface area (Å²) in [5, 5.41) is 0. The molecule has 0 amide bonds. The monoisotopic (exact) mass is 861 g/mol. The highest BCUT2D eigenvalue weighted by atomic mass is 16.6. The molecule has 0 aromatic heterocycles. The van der Waals surface area contributed by atoms with Gasteiger partial charge in [-0.25, -0.2) is 0 Å². The zero-order valence-electron chi connectivity index (χ0n) is 40.1. The molecule has 0 aromatic rings. The Bertz CT molecular complexity index is 1260. The zero-order valence-corrected chi connectivity index (χ0v) is 40.1. The van der Waals surface area contributed by atoms with Crippen LogP contribution in [0.5, 0.6) is 0 Å². The van der Waals surface area contributed by atoms with Crippen molar-refractivity contribution in [3.63, 3.8) is 0 Å². The maximum atomic E-state index is 12.8. The lowest BCUT2D eigenvalue weighted by atomic mass is 10.1. The van der Waals surface area contributed by atoms with E-state index in [0.717, 1.165) is 77.0 Å². The summed E-state index contributed by atoms with van der Waals surface area (Å²) < 4.78 is 16.7. The summed E-state index contributed by atoms with van der Waals surface area (Å²) in [7, 11) is 0. The van der Waals surface area contributed by atoms with Crippen molar-refractivity contribution in [1.29, 1.82) is 0 Å². The average molecular weight is 861 g/mol. The van der Waals surface area contributed by atoms with E-state index < -0.39 is 6.10 Å². The third kappa shape index (κ3) is 47.4. The van der Waals surface area contributed by atoms with Crippen LogP contribution in [0.25, 0.3) is 0 Å². The number of esters is 3. The Kier molecular flexibility index (Phi) is 47.0. The Morgan fingerprint density at radius 2 is 0.710 bits per heavy atom. The van der Waals surface area contributed by atoms with Crippen molar-refractivity contribution in [3.8, 4) is 0 Å². The highest BCUT2D eigenvalue weighted by Crippen LogP contribution is 2.13. The van der Waals surface area contributed by atoms with Crippen molar-refractivity contribution >= 4 is 17.9 Å². The Balaban J connectivity index is 4.51. The van der Waals surface area contributed by atoms with Crippen LogP contribution < -0.4 is 0 Å². The molecule has 352 valence electrons. The number of hydrogen-bond acceptors (Lipinski definition) is 6. The van der Waals surface area contributed by atoms with E-state index in [0.29, 0.717) is 12.8 Å². The fourth-order valence-corrected chi connectivity index (χ4v) is 6.61. The molecule has 0 spiro atoms. The minimum atomic E-state index is -0.817. The Morgan fingerprint density at radius 1 is 0.355 bits per heavy atom. The number of rotatable bonds is 44. The lowest BCUT2D eigenvalue weighted by molar-refractivity contribution is -0.167. The van der Waals surface area contributed by atoms with Crippen LogP contribution in [0.15, 0.2) is 97.2 Å². The molecule has 0 radical (unpaired) electrons. The quantitative estimate of drug-likeness (QED) is 0.0200. The molecule has 0 heterocycles. The average Bonchev–Trinajstić information content (AvgIpc) is 3.27. The van der Waals surface area contributed by atoms with Crippen molar-refractivity contribution < 1.29 is 28.6 Å². The van der Waals surface area contributed by atoms with Crippen LogP contribution in [0.4, 0.5) is 0 Å². The van der Waals surface area contributed by atoms with Crippen LogP contribution in [0.1, 0.15) is 220 Å². The van der Waals surface area contributed by atoms with Gasteiger partial charge in [0.2, 0.25) is 0 Å². The van der Waals surface area contributed by atoms with Crippen molar-refractivity contribution in [2.45, 2.75) is 226 Å². The SMILES string of the molecule is CC/C=C/C=C/C=C/C=C/C=C/CCCC(=O)OCC(COC(=O)CCCCCCCCC/C=C/C/C=C/CCCCC)OC(=O)CCCCC/C=C/CCCCCCCCC. The van der Waals surface area contributed by atoms with Gasteiger partial charge in [-0.2, -0.15) is 0 Å². The number of unbranched alkanes of at least 4 members (excludes halogenated alkanes) is 21. The lowest BCUT2D eigenvalue weighted by Gasteiger charge is -2.18. The van der Waals surface area contributed by atoms with Gasteiger partial charge < -0.3 is 14.2 Å². The molecule has 0 rings (SSSR count). The van der Waals surface area contributed by atoms with Crippen molar-refractivity contribution in [1.82, 2.24) is 0 Å². The molecular formula is C56H92O6. The third-order valence-electron chi connectivity index (χ3n) is 10.4. The predicted octanol–water partition coefficient (Wildman–Crippen LogP) is 16.6. The second kappa shape index (κ2) is 50.0. The topological polar surface area (TPSA) is 78.9 Å². The molecule has 0 N–H and O–H groups in total. The minimum absolute atomic E-state index is 0.111. The van der Waals surface area contributed by atoms with E-state index in [2.05, 4.69) is 63.3 Å².